The van der Waals surface area contributed by atoms with Crippen molar-refractivity contribution < 1.29 is 12.8 Å². The summed E-state index contributed by atoms with van der Waals surface area (Å²) >= 11 is 0. The Hall–Kier alpha value is -2.09. The smallest absolute Gasteiger partial charge is 0.268 e. The summed E-state index contributed by atoms with van der Waals surface area (Å²) in [6, 6.07) is 12.4. The molecule has 8 heteroatoms. The highest BCUT2D eigenvalue weighted by atomic mass is 35.5. The van der Waals surface area contributed by atoms with E-state index in [0.717, 1.165) is 49.4 Å². The van der Waals surface area contributed by atoms with E-state index in [1.807, 2.05) is 18.2 Å². The Labute approximate surface area is 157 Å². The maximum absolute atomic E-state index is 13.1. The number of benzene rings is 2. The number of piperazine rings is 1. The van der Waals surface area contributed by atoms with Crippen LogP contribution in [0.1, 0.15) is 0 Å². The van der Waals surface area contributed by atoms with Crippen LogP contribution in [0.2, 0.25) is 0 Å². The Morgan fingerprint density at radius 2 is 1.65 bits per heavy atom. The van der Waals surface area contributed by atoms with Gasteiger partial charge in [0.1, 0.15) is 5.82 Å². The van der Waals surface area contributed by atoms with Gasteiger partial charge in [0.2, 0.25) is 0 Å². The molecule has 138 valence electrons. The van der Waals surface area contributed by atoms with Gasteiger partial charge in [0.15, 0.2) is 0 Å². The Bertz CT molecular complexity index is 1010. The number of rotatable bonds is 3. The molecule has 0 atom stereocenters. The summed E-state index contributed by atoms with van der Waals surface area (Å²) in [4.78, 5) is 2.33. The van der Waals surface area contributed by atoms with Gasteiger partial charge in [-0.25, -0.2) is 16.8 Å². The number of anilines is 1. The minimum absolute atomic E-state index is 0. The van der Waals surface area contributed by atoms with E-state index in [1.54, 1.807) is 12.3 Å². The van der Waals surface area contributed by atoms with Gasteiger partial charge in [0.25, 0.3) is 10.0 Å². The van der Waals surface area contributed by atoms with Crippen LogP contribution >= 0.6 is 12.4 Å². The van der Waals surface area contributed by atoms with Crippen molar-refractivity contribution in [1.29, 1.82) is 0 Å². The topological polar surface area (TPSA) is 54.3 Å². The fraction of sp³-hybridized carbons (Fsp3) is 0.222. The summed E-state index contributed by atoms with van der Waals surface area (Å²) in [5.41, 5.74) is 1.66. The highest BCUT2D eigenvalue weighted by Crippen LogP contribution is 2.30. The number of hydrogen-bond acceptors (Lipinski definition) is 4. The summed E-state index contributed by atoms with van der Waals surface area (Å²) < 4.78 is 40.2. The third kappa shape index (κ3) is 3.18. The van der Waals surface area contributed by atoms with E-state index in [-0.39, 0.29) is 17.3 Å². The standard InChI is InChI=1S/C18H18FN3O2S.ClH/c19-14-4-6-15(7-5-14)25(23,24)22-11-8-16-17(2-1-3-18(16)22)21-12-9-20-10-13-21;/h1-8,11,20H,9-10,12-13H2;1H. The first-order valence-electron chi connectivity index (χ1n) is 8.14. The van der Waals surface area contributed by atoms with Gasteiger partial charge in [-0.3, -0.25) is 0 Å². The zero-order chi connectivity index (χ0) is 17.4. The number of fused-ring (bicyclic) bond motifs is 1. The average Bonchev–Trinajstić information content (AvgIpc) is 3.08. The van der Waals surface area contributed by atoms with Crippen LogP contribution < -0.4 is 10.2 Å². The molecule has 0 aliphatic carbocycles. The highest BCUT2D eigenvalue weighted by Gasteiger charge is 2.21. The van der Waals surface area contributed by atoms with E-state index in [1.165, 1.54) is 16.1 Å². The van der Waals surface area contributed by atoms with Crippen LogP contribution in [0.5, 0.6) is 0 Å². The largest absolute Gasteiger partial charge is 0.368 e. The maximum Gasteiger partial charge on any atom is 0.268 e. The molecule has 2 aromatic carbocycles. The third-order valence-corrected chi connectivity index (χ3v) is 6.21. The monoisotopic (exact) mass is 395 g/mol. The number of hydrogen-bond donors (Lipinski definition) is 1. The predicted octanol–water partition coefficient (Wildman–Crippen LogP) is 2.85. The summed E-state index contributed by atoms with van der Waals surface area (Å²) in [5, 5.41) is 4.21. The van der Waals surface area contributed by atoms with E-state index >= 15 is 0 Å². The van der Waals surface area contributed by atoms with Crippen molar-refractivity contribution in [3.63, 3.8) is 0 Å². The van der Waals surface area contributed by atoms with Gasteiger partial charge >= 0.3 is 0 Å². The Morgan fingerprint density at radius 3 is 2.35 bits per heavy atom. The van der Waals surface area contributed by atoms with Crippen molar-refractivity contribution in [2.45, 2.75) is 4.90 Å². The van der Waals surface area contributed by atoms with Crippen LogP contribution in [0.25, 0.3) is 10.9 Å². The van der Waals surface area contributed by atoms with Gasteiger partial charge < -0.3 is 10.2 Å². The molecule has 26 heavy (non-hydrogen) atoms. The van der Waals surface area contributed by atoms with Crippen LogP contribution in [0.4, 0.5) is 10.1 Å². The van der Waals surface area contributed by atoms with E-state index in [9.17, 15) is 12.8 Å². The van der Waals surface area contributed by atoms with Crippen LogP contribution in [0, 0.1) is 5.82 Å². The van der Waals surface area contributed by atoms with Crippen LogP contribution in [0.3, 0.4) is 0 Å². The summed E-state index contributed by atoms with van der Waals surface area (Å²) in [6.07, 6.45) is 1.56. The fourth-order valence-electron chi connectivity index (χ4n) is 3.24. The lowest BCUT2D eigenvalue weighted by Crippen LogP contribution is -2.43. The first-order valence-corrected chi connectivity index (χ1v) is 9.58. The molecule has 1 fully saturated rings. The Balaban J connectivity index is 0.00000196. The van der Waals surface area contributed by atoms with Crippen molar-refractivity contribution in [3.8, 4) is 0 Å². The number of aromatic nitrogens is 1. The molecule has 2 heterocycles. The minimum atomic E-state index is -3.77. The second kappa shape index (κ2) is 7.26. The second-order valence-electron chi connectivity index (χ2n) is 6.02. The molecule has 4 rings (SSSR count). The van der Waals surface area contributed by atoms with Gasteiger partial charge in [-0.15, -0.1) is 12.4 Å². The fourth-order valence-corrected chi connectivity index (χ4v) is 4.58. The third-order valence-electron chi connectivity index (χ3n) is 4.50. The molecule has 0 amide bonds. The quantitative estimate of drug-likeness (QED) is 0.741. The lowest BCUT2D eigenvalue weighted by Gasteiger charge is -2.30. The number of halogens is 2. The van der Waals surface area contributed by atoms with Gasteiger partial charge in [0.05, 0.1) is 10.4 Å². The zero-order valence-electron chi connectivity index (χ0n) is 13.9. The maximum atomic E-state index is 13.1. The van der Waals surface area contributed by atoms with Gasteiger partial charge in [0, 0.05) is 43.4 Å². The van der Waals surface area contributed by atoms with Gasteiger partial charge in [-0.05, 0) is 42.5 Å². The van der Waals surface area contributed by atoms with E-state index in [4.69, 9.17) is 0 Å². The van der Waals surface area contributed by atoms with Crippen molar-refractivity contribution in [3.05, 3.63) is 60.5 Å². The average molecular weight is 396 g/mol. The van der Waals surface area contributed by atoms with Crippen LogP contribution in [-0.4, -0.2) is 38.6 Å². The van der Waals surface area contributed by atoms with Crippen molar-refractivity contribution in [2.75, 3.05) is 31.1 Å². The molecule has 1 aliphatic rings. The normalized spacial score (nSPS) is 15.0. The Kier molecular flexibility index (Phi) is 5.22. The summed E-state index contributed by atoms with van der Waals surface area (Å²) in [6.45, 7) is 3.58. The molecule has 1 N–H and O–H groups in total. The molecule has 0 bridgehead atoms. The lowest BCUT2D eigenvalue weighted by molar-refractivity contribution is 0.587. The number of nitrogens with one attached hydrogen (secondary N) is 1. The minimum Gasteiger partial charge on any atom is -0.368 e. The van der Waals surface area contributed by atoms with Crippen molar-refractivity contribution in [2.24, 2.45) is 0 Å². The molecule has 0 saturated carbocycles. The second-order valence-corrected chi connectivity index (χ2v) is 7.83. The van der Waals surface area contributed by atoms with Gasteiger partial charge in [-0.1, -0.05) is 6.07 Å². The highest BCUT2D eigenvalue weighted by molar-refractivity contribution is 7.90. The molecule has 1 saturated heterocycles. The molecule has 1 aliphatic heterocycles. The molecule has 3 aromatic rings. The zero-order valence-corrected chi connectivity index (χ0v) is 15.6. The van der Waals surface area contributed by atoms with Crippen LogP contribution in [0.15, 0.2) is 59.6 Å². The van der Waals surface area contributed by atoms with E-state index < -0.39 is 15.8 Å². The van der Waals surface area contributed by atoms with Crippen molar-refractivity contribution >= 4 is 39.0 Å². The van der Waals surface area contributed by atoms with Gasteiger partial charge in [-0.2, -0.15) is 0 Å². The van der Waals surface area contributed by atoms with E-state index in [2.05, 4.69) is 10.2 Å². The SMILES string of the molecule is Cl.O=S(=O)(c1ccc(F)cc1)n1ccc2c(N3CCNCC3)cccc21. The van der Waals surface area contributed by atoms with Crippen LogP contribution in [-0.2, 0) is 10.0 Å². The Morgan fingerprint density at radius 1 is 0.962 bits per heavy atom. The van der Waals surface area contributed by atoms with Crippen molar-refractivity contribution in [1.82, 2.24) is 9.29 Å². The molecular formula is C18H19ClFN3O2S. The molecule has 0 spiro atoms. The summed E-state index contributed by atoms with van der Waals surface area (Å²) in [5.74, 6) is -0.461. The molecule has 0 unspecified atom stereocenters. The summed E-state index contributed by atoms with van der Waals surface area (Å²) in [7, 11) is -3.77. The lowest BCUT2D eigenvalue weighted by atomic mass is 10.2. The molecule has 1 aromatic heterocycles. The molecule has 5 nitrogen and oxygen atoms in total. The molecular weight excluding hydrogens is 377 g/mol. The van der Waals surface area contributed by atoms with E-state index in [0.29, 0.717) is 5.52 Å². The molecule has 0 radical (unpaired) electrons. The predicted molar refractivity (Wildman–Crippen MR) is 103 cm³/mol. The first kappa shape index (κ1) is 18.7. The number of nitrogens with zero attached hydrogens (tertiary/aromatic N) is 2. The first-order chi connectivity index (χ1) is 12.1.